The van der Waals surface area contributed by atoms with Gasteiger partial charge in [-0.05, 0) is 69.2 Å². The Morgan fingerprint density at radius 1 is 1.11 bits per heavy atom. The van der Waals surface area contributed by atoms with E-state index in [0.29, 0.717) is 6.54 Å². The van der Waals surface area contributed by atoms with Gasteiger partial charge < -0.3 is 15.4 Å². The van der Waals surface area contributed by atoms with Crippen LogP contribution in [-0.4, -0.2) is 50.3 Å². The number of rotatable bonds is 11. The zero-order valence-electron chi connectivity index (χ0n) is 16.9. The summed E-state index contributed by atoms with van der Waals surface area (Å²) < 4.78 is 5.68. The molecule has 0 radical (unpaired) electrons. The van der Waals surface area contributed by atoms with Gasteiger partial charge in [0.2, 0.25) is 0 Å². The number of hydrogen-bond acceptors (Lipinski definition) is 3. The van der Waals surface area contributed by atoms with E-state index in [9.17, 15) is 0 Å². The molecule has 0 unspecified atom stereocenters. The molecule has 27 heavy (non-hydrogen) atoms. The van der Waals surface area contributed by atoms with Crippen molar-refractivity contribution >= 4 is 5.96 Å². The van der Waals surface area contributed by atoms with Crippen molar-refractivity contribution in [1.82, 2.24) is 15.5 Å². The summed E-state index contributed by atoms with van der Waals surface area (Å²) in [7, 11) is 0. The summed E-state index contributed by atoms with van der Waals surface area (Å²) in [6.07, 6.45) is 6.42. The average Bonchev–Trinajstić information content (AvgIpc) is 3.37. The zero-order valence-corrected chi connectivity index (χ0v) is 16.9. The maximum atomic E-state index is 5.68. The van der Waals surface area contributed by atoms with Crippen molar-refractivity contribution in [2.24, 2.45) is 10.9 Å². The van der Waals surface area contributed by atoms with E-state index >= 15 is 0 Å². The van der Waals surface area contributed by atoms with Crippen LogP contribution >= 0.6 is 0 Å². The molecule has 1 saturated carbocycles. The highest BCUT2D eigenvalue weighted by Crippen LogP contribution is 2.28. The molecule has 0 spiro atoms. The second-order valence-corrected chi connectivity index (χ2v) is 7.79. The standard InChI is InChI=1S/C22H36N4O/c1-2-23-22(24-12-5-15-27-18-21-10-11-21)25-16-19-6-8-20(9-7-19)17-26-13-3-4-14-26/h6-9,21H,2-5,10-18H2,1H3,(H2,23,24,25). The Balaban J connectivity index is 1.37. The van der Waals surface area contributed by atoms with Crippen molar-refractivity contribution in [2.75, 3.05) is 39.4 Å². The number of benzene rings is 1. The van der Waals surface area contributed by atoms with Gasteiger partial charge >= 0.3 is 0 Å². The minimum absolute atomic E-state index is 0.706. The molecule has 1 aromatic rings. The maximum Gasteiger partial charge on any atom is 0.191 e. The minimum atomic E-state index is 0.706. The van der Waals surface area contributed by atoms with Crippen molar-refractivity contribution in [1.29, 1.82) is 0 Å². The molecule has 0 amide bonds. The molecule has 5 nitrogen and oxygen atoms in total. The second kappa shape index (κ2) is 11.3. The van der Waals surface area contributed by atoms with Crippen LogP contribution in [0.2, 0.25) is 0 Å². The first-order chi connectivity index (χ1) is 13.3. The average molecular weight is 373 g/mol. The molecular weight excluding hydrogens is 336 g/mol. The highest BCUT2D eigenvalue weighted by molar-refractivity contribution is 5.79. The molecule has 1 aromatic carbocycles. The van der Waals surface area contributed by atoms with Crippen molar-refractivity contribution < 1.29 is 4.74 Å². The van der Waals surface area contributed by atoms with Crippen molar-refractivity contribution in [3.8, 4) is 0 Å². The third-order valence-electron chi connectivity index (χ3n) is 5.20. The summed E-state index contributed by atoms with van der Waals surface area (Å²) in [4.78, 5) is 7.25. The summed E-state index contributed by atoms with van der Waals surface area (Å²) in [6.45, 7) is 9.93. The molecule has 0 atom stereocenters. The summed E-state index contributed by atoms with van der Waals surface area (Å²) in [5.74, 6) is 1.74. The van der Waals surface area contributed by atoms with Crippen LogP contribution < -0.4 is 10.6 Å². The van der Waals surface area contributed by atoms with E-state index in [2.05, 4.69) is 46.7 Å². The Hall–Kier alpha value is -1.59. The third kappa shape index (κ3) is 7.89. The van der Waals surface area contributed by atoms with Gasteiger partial charge in [-0.15, -0.1) is 0 Å². The number of aliphatic imine (C=N–C) groups is 1. The number of hydrogen-bond donors (Lipinski definition) is 2. The van der Waals surface area contributed by atoms with E-state index in [1.807, 2.05) is 0 Å². The van der Waals surface area contributed by atoms with Crippen LogP contribution in [0.1, 0.15) is 50.2 Å². The summed E-state index contributed by atoms with van der Waals surface area (Å²) >= 11 is 0. The van der Waals surface area contributed by atoms with Crippen LogP contribution in [0.3, 0.4) is 0 Å². The topological polar surface area (TPSA) is 48.9 Å². The molecule has 150 valence electrons. The Labute approximate surface area is 164 Å². The normalized spacial score (nSPS) is 18.0. The van der Waals surface area contributed by atoms with Gasteiger partial charge in [0.05, 0.1) is 6.54 Å². The molecule has 0 aromatic heterocycles. The minimum Gasteiger partial charge on any atom is -0.381 e. The molecule has 2 aliphatic rings. The van der Waals surface area contributed by atoms with Crippen LogP contribution in [0.4, 0.5) is 0 Å². The molecule has 2 fully saturated rings. The van der Waals surface area contributed by atoms with Gasteiger partial charge in [-0.1, -0.05) is 24.3 Å². The second-order valence-electron chi connectivity index (χ2n) is 7.79. The number of ether oxygens (including phenoxy) is 1. The first-order valence-electron chi connectivity index (χ1n) is 10.7. The quantitative estimate of drug-likeness (QED) is 0.356. The van der Waals surface area contributed by atoms with E-state index in [0.717, 1.165) is 51.1 Å². The lowest BCUT2D eigenvalue weighted by molar-refractivity contribution is 0.123. The molecular formula is C22H36N4O. The van der Waals surface area contributed by atoms with Gasteiger partial charge in [-0.3, -0.25) is 4.90 Å². The van der Waals surface area contributed by atoms with E-state index in [4.69, 9.17) is 9.73 Å². The van der Waals surface area contributed by atoms with Crippen LogP contribution in [0.5, 0.6) is 0 Å². The number of nitrogens with one attached hydrogen (secondary N) is 2. The Morgan fingerprint density at radius 3 is 2.56 bits per heavy atom. The number of likely N-dealkylation sites (tertiary alicyclic amines) is 1. The smallest absolute Gasteiger partial charge is 0.191 e. The maximum absolute atomic E-state index is 5.68. The lowest BCUT2D eigenvalue weighted by atomic mass is 10.1. The van der Waals surface area contributed by atoms with E-state index in [-0.39, 0.29) is 0 Å². The molecule has 5 heteroatoms. The summed E-state index contributed by atoms with van der Waals surface area (Å²) in [5, 5.41) is 6.73. The monoisotopic (exact) mass is 372 g/mol. The van der Waals surface area contributed by atoms with Gasteiger partial charge in [0.1, 0.15) is 0 Å². The Bertz CT molecular complexity index is 562. The molecule has 2 N–H and O–H groups in total. The van der Waals surface area contributed by atoms with Gasteiger partial charge in [0.15, 0.2) is 5.96 Å². The number of nitrogens with zero attached hydrogens (tertiary/aromatic N) is 2. The molecule has 3 rings (SSSR count). The first kappa shape index (κ1) is 20.2. The van der Waals surface area contributed by atoms with Crippen LogP contribution in [0.25, 0.3) is 0 Å². The highest BCUT2D eigenvalue weighted by atomic mass is 16.5. The fourth-order valence-electron chi connectivity index (χ4n) is 3.38. The van der Waals surface area contributed by atoms with Crippen molar-refractivity contribution in [3.05, 3.63) is 35.4 Å². The Kier molecular flexibility index (Phi) is 8.43. The van der Waals surface area contributed by atoms with E-state index < -0.39 is 0 Å². The first-order valence-corrected chi connectivity index (χ1v) is 10.7. The molecule has 1 heterocycles. The van der Waals surface area contributed by atoms with Gasteiger partial charge in [0, 0.05) is 32.8 Å². The predicted molar refractivity (Wildman–Crippen MR) is 112 cm³/mol. The summed E-state index contributed by atoms with van der Waals surface area (Å²) in [5.41, 5.74) is 2.66. The molecule has 1 saturated heterocycles. The summed E-state index contributed by atoms with van der Waals surface area (Å²) in [6, 6.07) is 8.93. The van der Waals surface area contributed by atoms with E-state index in [1.54, 1.807) is 0 Å². The lowest BCUT2D eigenvalue weighted by Gasteiger charge is -2.14. The third-order valence-corrected chi connectivity index (χ3v) is 5.20. The largest absolute Gasteiger partial charge is 0.381 e. The predicted octanol–water partition coefficient (Wildman–Crippen LogP) is 3.15. The fourth-order valence-corrected chi connectivity index (χ4v) is 3.38. The van der Waals surface area contributed by atoms with Gasteiger partial charge in [-0.2, -0.15) is 0 Å². The lowest BCUT2D eigenvalue weighted by Crippen LogP contribution is -2.38. The Morgan fingerprint density at radius 2 is 1.85 bits per heavy atom. The van der Waals surface area contributed by atoms with Crippen molar-refractivity contribution in [3.63, 3.8) is 0 Å². The van der Waals surface area contributed by atoms with Crippen LogP contribution in [0, 0.1) is 5.92 Å². The van der Waals surface area contributed by atoms with Crippen LogP contribution in [0.15, 0.2) is 29.3 Å². The molecule has 0 bridgehead atoms. The molecule has 1 aliphatic carbocycles. The zero-order chi connectivity index (χ0) is 18.7. The number of guanidine groups is 1. The fraction of sp³-hybridized carbons (Fsp3) is 0.682. The van der Waals surface area contributed by atoms with Crippen LogP contribution in [-0.2, 0) is 17.8 Å². The SMILES string of the molecule is CCNC(=NCc1ccc(CN2CCCC2)cc1)NCCCOCC1CC1. The van der Waals surface area contributed by atoms with Gasteiger partial charge in [-0.25, -0.2) is 4.99 Å². The highest BCUT2D eigenvalue weighted by Gasteiger charge is 2.20. The van der Waals surface area contributed by atoms with Crippen molar-refractivity contribution in [2.45, 2.75) is 52.1 Å². The van der Waals surface area contributed by atoms with E-state index in [1.165, 1.54) is 49.9 Å². The van der Waals surface area contributed by atoms with Gasteiger partial charge in [0.25, 0.3) is 0 Å². The molecule has 1 aliphatic heterocycles.